The SMILES string of the molecule is CC(=O)c1cccc2ccc3c(c12)Oc1c(ccc2ccccc12)C31C(=O)Nc2ccc(F)cc21. The lowest BCUT2D eigenvalue weighted by Crippen LogP contribution is -2.39. The van der Waals surface area contributed by atoms with Crippen LogP contribution in [0.25, 0.3) is 21.5 Å². The van der Waals surface area contributed by atoms with Gasteiger partial charge in [-0.3, -0.25) is 9.59 Å². The molecule has 5 aromatic rings. The Bertz CT molecular complexity index is 1770. The Hall–Kier alpha value is -4.51. The standard InChI is InChI=1S/C30H18FNO3/c1-16(33)20-8-4-6-18-10-13-23-28(26(18)20)35-27-21-7-3-2-5-17(21)9-12-22(27)30(23)24-15-19(31)11-14-25(24)32-29(30)34/h2-15H,1H3,(H,32,34). The molecule has 7 rings (SSSR count). The number of Topliss-reactive ketones (excluding diaryl/α,β-unsaturated/α-hetero) is 1. The molecule has 0 saturated heterocycles. The van der Waals surface area contributed by atoms with E-state index in [-0.39, 0.29) is 11.7 Å². The van der Waals surface area contributed by atoms with Gasteiger partial charge in [0, 0.05) is 38.7 Å². The van der Waals surface area contributed by atoms with Crippen LogP contribution in [0.4, 0.5) is 10.1 Å². The highest BCUT2D eigenvalue weighted by atomic mass is 19.1. The van der Waals surface area contributed by atoms with Crippen molar-refractivity contribution in [2.45, 2.75) is 12.3 Å². The van der Waals surface area contributed by atoms with Crippen LogP contribution in [0.1, 0.15) is 34.0 Å². The number of carbonyl (C=O) groups is 2. The van der Waals surface area contributed by atoms with Crippen LogP contribution < -0.4 is 10.1 Å². The van der Waals surface area contributed by atoms with Crippen molar-refractivity contribution in [2.24, 2.45) is 0 Å². The average molecular weight is 459 g/mol. The van der Waals surface area contributed by atoms with Crippen LogP contribution in [0.15, 0.2) is 84.9 Å². The van der Waals surface area contributed by atoms with E-state index >= 15 is 0 Å². The van der Waals surface area contributed by atoms with Gasteiger partial charge in [0.05, 0.1) is 0 Å². The van der Waals surface area contributed by atoms with E-state index in [1.165, 1.54) is 19.1 Å². The zero-order chi connectivity index (χ0) is 23.9. The molecule has 5 aromatic carbocycles. The van der Waals surface area contributed by atoms with Crippen molar-refractivity contribution in [1.29, 1.82) is 0 Å². The van der Waals surface area contributed by atoms with E-state index in [4.69, 9.17) is 4.74 Å². The van der Waals surface area contributed by atoms with Crippen LogP contribution in [-0.2, 0) is 10.2 Å². The third-order valence-corrected chi connectivity index (χ3v) is 7.24. The molecule has 0 radical (unpaired) electrons. The maximum Gasteiger partial charge on any atom is 0.244 e. The number of carbonyl (C=O) groups excluding carboxylic acids is 2. The molecule has 2 aliphatic rings. The number of halogens is 1. The number of ketones is 1. The first-order valence-corrected chi connectivity index (χ1v) is 11.4. The summed E-state index contributed by atoms with van der Waals surface area (Å²) in [5.74, 6) is 0.171. The molecular weight excluding hydrogens is 441 g/mol. The fourth-order valence-corrected chi connectivity index (χ4v) is 5.74. The molecule has 2 heterocycles. The summed E-state index contributed by atoms with van der Waals surface area (Å²) in [7, 11) is 0. The van der Waals surface area contributed by atoms with Gasteiger partial charge in [0.15, 0.2) is 5.78 Å². The quantitative estimate of drug-likeness (QED) is 0.283. The summed E-state index contributed by atoms with van der Waals surface area (Å²) in [4.78, 5) is 26.6. The van der Waals surface area contributed by atoms with Crippen molar-refractivity contribution in [3.05, 3.63) is 113 Å². The third kappa shape index (κ3) is 2.44. The molecule has 0 aliphatic carbocycles. The van der Waals surface area contributed by atoms with Crippen LogP contribution in [-0.4, -0.2) is 11.7 Å². The van der Waals surface area contributed by atoms with Crippen molar-refractivity contribution >= 4 is 38.9 Å². The molecule has 0 saturated carbocycles. The van der Waals surface area contributed by atoms with E-state index in [1.54, 1.807) is 12.1 Å². The van der Waals surface area contributed by atoms with Crippen molar-refractivity contribution in [3.63, 3.8) is 0 Å². The Labute approximate surface area is 200 Å². The highest BCUT2D eigenvalue weighted by Gasteiger charge is 2.55. The summed E-state index contributed by atoms with van der Waals surface area (Å²) in [6.45, 7) is 1.52. The molecule has 2 aliphatic heterocycles. The summed E-state index contributed by atoms with van der Waals surface area (Å²) in [5.41, 5.74) is 1.50. The van der Waals surface area contributed by atoms with E-state index in [0.29, 0.717) is 44.8 Å². The van der Waals surface area contributed by atoms with Gasteiger partial charge in [-0.2, -0.15) is 0 Å². The first kappa shape index (κ1) is 19.9. The molecule has 1 atom stereocenters. The molecule has 1 spiro atoms. The molecule has 35 heavy (non-hydrogen) atoms. The first-order valence-electron chi connectivity index (χ1n) is 11.4. The van der Waals surface area contributed by atoms with Crippen LogP contribution in [0.5, 0.6) is 11.5 Å². The molecule has 1 N–H and O–H groups in total. The molecule has 0 fully saturated rings. The second-order valence-corrected chi connectivity index (χ2v) is 9.06. The van der Waals surface area contributed by atoms with Crippen LogP contribution >= 0.6 is 0 Å². The van der Waals surface area contributed by atoms with Gasteiger partial charge in [0.1, 0.15) is 22.7 Å². The minimum atomic E-state index is -1.33. The van der Waals surface area contributed by atoms with Gasteiger partial charge in [0.25, 0.3) is 0 Å². The third-order valence-electron chi connectivity index (χ3n) is 7.24. The van der Waals surface area contributed by atoms with Crippen molar-refractivity contribution < 1.29 is 18.7 Å². The molecule has 5 heteroatoms. The number of benzene rings is 5. The number of amides is 1. The number of anilines is 1. The number of ether oxygens (including phenoxy) is 1. The van der Waals surface area contributed by atoms with E-state index in [2.05, 4.69) is 5.32 Å². The topological polar surface area (TPSA) is 55.4 Å². The minimum Gasteiger partial charge on any atom is -0.455 e. The van der Waals surface area contributed by atoms with Crippen LogP contribution in [0.3, 0.4) is 0 Å². The van der Waals surface area contributed by atoms with Gasteiger partial charge in [0.2, 0.25) is 5.91 Å². The number of nitrogens with one attached hydrogen (secondary N) is 1. The molecule has 0 aromatic heterocycles. The van der Waals surface area contributed by atoms with E-state index < -0.39 is 11.2 Å². The average Bonchev–Trinajstić information content (AvgIpc) is 3.15. The second-order valence-electron chi connectivity index (χ2n) is 9.06. The van der Waals surface area contributed by atoms with Crippen molar-refractivity contribution in [1.82, 2.24) is 0 Å². The smallest absolute Gasteiger partial charge is 0.244 e. The van der Waals surface area contributed by atoms with Gasteiger partial charge < -0.3 is 10.1 Å². The summed E-state index contributed by atoms with van der Waals surface area (Å²) < 4.78 is 21.3. The van der Waals surface area contributed by atoms with Gasteiger partial charge >= 0.3 is 0 Å². The molecule has 1 unspecified atom stereocenters. The summed E-state index contributed by atoms with van der Waals surface area (Å²) in [5, 5.41) is 6.24. The Kier molecular flexibility index (Phi) is 3.85. The fraction of sp³-hybridized carbons (Fsp3) is 0.0667. The zero-order valence-corrected chi connectivity index (χ0v) is 18.7. The normalized spacial score (nSPS) is 17.6. The Morgan fingerprint density at radius 2 is 1.57 bits per heavy atom. The largest absolute Gasteiger partial charge is 0.455 e. The molecule has 168 valence electrons. The number of fused-ring (bicyclic) bond motifs is 10. The summed E-state index contributed by atoms with van der Waals surface area (Å²) >= 11 is 0. The van der Waals surface area contributed by atoms with Crippen molar-refractivity contribution in [3.8, 4) is 11.5 Å². The Morgan fingerprint density at radius 3 is 2.40 bits per heavy atom. The second kappa shape index (κ2) is 6.76. The molecule has 1 amide bonds. The Balaban J connectivity index is 1.71. The highest BCUT2D eigenvalue weighted by molar-refractivity contribution is 6.16. The van der Waals surface area contributed by atoms with Crippen LogP contribution in [0, 0.1) is 5.82 Å². The predicted octanol–water partition coefficient (Wildman–Crippen LogP) is 6.73. The monoisotopic (exact) mass is 459 g/mol. The predicted molar refractivity (Wildman–Crippen MR) is 133 cm³/mol. The zero-order valence-electron chi connectivity index (χ0n) is 18.7. The molecule has 0 bridgehead atoms. The lowest BCUT2D eigenvalue weighted by molar-refractivity contribution is -0.118. The Morgan fingerprint density at radius 1 is 0.829 bits per heavy atom. The van der Waals surface area contributed by atoms with Gasteiger partial charge in [-0.1, -0.05) is 66.7 Å². The lowest BCUT2D eigenvalue weighted by atomic mass is 9.67. The van der Waals surface area contributed by atoms with E-state index in [0.717, 1.165) is 16.2 Å². The summed E-state index contributed by atoms with van der Waals surface area (Å²) in [6, 6.07) is 25.3. The van der Waals surface area contributed by atoms with Crippen LogP contribution in [0.2, 0.25) is 0 Å². The van der Waals surface area contributed by atoms with E-state index in [9.17, 15) is 14.0 Å². The maximum atomic E-state index is 14.6. The fourth-order valence-electron chi connectivity index (χ4n) is 5.74. The number of hydrogen-bond donors (Lipinski definition) is 1. The number of hydrogen-bond acceptors (Lipinski definition) is 3. The molecular formula is C30H18FNO3. The van der Waals surface area contributed by atoms with Gasteiger partial charge in [-0.25, -0.2) is 4.39 Å². The molecule has 4 nitrogen and oxygen atoms in total. The highest BCUT2D eigenvalue weighted by Crippen LogP contribution is 2.59. The van der Waals surface area contributed by atoms with Crippen molar-refractivity contribution in [2.75, 3.05) is 5.32 Å². The van der Waals surface area contributed by atoms with E-state index in [1.807, 2.05) is 60.7 Å². The number of rotatable bonds is 1. The van der Waals surface area contributed by atoms with Gasteiger partial charge in [-0.05, 0) is 35.9 Å². The summed E-state index contributed by atoms with van der Waals surface area (Å²) in [6.07, 6.45) is 0. The minimum absolute atomic E-state index is 0.104. The van der Waals surface area contributed by atoms with Gasteiger partial charge in [-0.15, -0.1) is 0 Å². The maximum absolute atomic E-state index is 14.6. The first-order chi connectivity index (χ1) is 17.0. The lowest BCUT2D eigenvalue weighted by Gasteiger charge is -2.37.